The number of hydrogen-bond acceptors (Lipinski definition) is 4. The van der Waals surface area contributed by atoms with Crippen molar-refractivity contribution in [2.45, 2.75) is 32.6 Å². The van der Waals surface area contributed by atoms with Crippen LogP contribution in [0.2, 0.25) is 0 Å². The summed E-state index contributed by atoms with van der Waals surface area (Å²) in [7, 11) is 0. The molecule has 0 saturated heterocycles. The monoisotopic (exact) mass is 321 g/mol. The van der Waals surface area contributed by atoms with Crippen LogP contribution in [0.25, 0.3) is 0 Å². The molecule has 110 valence electrons. The highest BCUT2D eigenvalue weighted by Gasteiger charge is 2.21. The second-order valence-electron chi connectivity index (χ2n) is 4.98. The van der Waals surface area contributed by atoms with Gasteiger partial charge in [0.15, 0.2) is 0 Å². The molecule has 0 fully saturated rings. The van der Waals surface area contributed by atoms with E-state index in [4.69, 9.17) is 0 Å². The fourth-order valence-corrected chi connectivity index (χ4v) is 4.61. The summed E-state index contributed by atoms with van der Waals surface area (Å²) < 4.78 is 0. The van der Waals surface area contributed by atoms with E-state index < -0.39 is 5.97 Å². The van der Waals surface area contributed by atoms with Crippen LogP contribution in [0.4, 0.5) is 5.00 Å². The molecule has 0 bridgehead atoms. The normalized spacial score (nSPS) is 13.2. The number of aryl methyl sites for hydroxylation is 3. The fourth-order valence-electron chi connectivity index (χ4n) is 2.47. The van der Waals surface area contributed by atoms with Gasteiger partial charge in [0.25, 0.3) is 5.91 Å². The van der Waals surface area contributed by atoms with Crippen molar-refractivity contribution in [2.24, 2.45) is 0 Å². The molecule has 2 N–H and O–H groups in total. The highest BCUT2D eigenvalue weighted by atomic mass is 32.1. The summed E-state index contributed by atoms with van der Waals surface area (Å²) in [4.78, 5) is 26.5. The average Bonchev–Trinajstić information content (AvgIpc) is 3.11. The summed E-state index contributed by atoms with van der Waals surface area (Å²) in [5.74, 6) is -1.21. The van der Waals surface area contributed by atoms with Crippen LogP contribution in [-0.2, 0) is 19.3 Å². The summed E-state index contributed by atoms with van der Waals surface area (Å²) in [6, 6.07) is 3.58. The van der Waals surface area contributed by atoms with Crippen molar-refractivity contribution in [1.82, 2.24) is 0 Å². The third kappa shape index (κ3) is 2.73. The van der Waals surface area contributed by atoms with Crippen molar-refractivity contribution < 1.29 is 14.7 Å². The minimum atomic E-state index is -1.00. The lowest BCUT2D eigenvalue weighted by atomic mass is 10.2. The van der Waals surface area contributed by atoms with Crippen LogP contribution < -0.4 is 5.32 Å². The molecule has 0 unspecified atom stereocenters. The maximum Gasteiger partial charge on any atom is 0.338 e. The highest BCUT2D eigenvalue weighted by Crippen LogP contribution is 2.33. The molecule has 0 radical (unpaired) electrons. The van der Waals surface area contributed by atoms with E-state index in [1.807, 2.05) is 13.0 Å². The third-order valence-electron chi connectivity index (χ3n) is 3.56. The quantitative estimate of drug-likeness (QED) is 0.900. The lowest BCUT2D eigenvalue weighted by molar-refractivity contribution is 0.0698. The molecule has 0 saturated carbocycles. The number of carbonyl (C=O) groups excluding carboxylic acids is 1. The van der Waals surface area contributed by atoms with Crippen LogP contribution >= 0.6 is 22.7 Å². The molecule has 3 rings (SSSR count). The molecule has 2 aromatic rings. The van der Waals surface area contributed by atoms with Gasteiger partial charge in [-0.3, -0.25) is 4.79 Å². The first-order valence-electron chi connectivity index (χ1n) is 6.87. The van der Waals surface area contributed by atoms with Gasteiger partial charge in [0, 0.05) is 9.75 Å². The minimum absolute atomic E-state index is 0.175. The van der Waals surface area contributed by atoms with Gasteiger partial charge in [-0.05, 0) is 43.4 Å². The zero-order valence-corrected chi connectivity index (χ0v) is 13.2. The molecule has 2 aromatic heterocycles. The summed E-state index contributed by atoms with van der Waals surface area (Å²) >= 11 is 2.85. The average molecular weight is 321 g/mol. The maximum absolute atomic E-state index is 12.3. The molecular formula is C15H15NO3S2. The Balaban J connectivity index is 1.83. The lowest BCUT2D eigenvalue weighted by Crippen LogP contribution is -2.11. The van der Waals surface area contributed by atoms with Crippen LogP contribution in [0.5, 0.6) is 0 Å². The highest BCUT2D eigenvalue weighted by molar-refractivity contribution is 7.17. The first-order chi connectivity index (χ1) is 10.1. The molecule has 0 spiro atoms. The molecule has 0 aliphatic heterocycles. The van der Waals surface area contributed by atoms with E-state index >= 15 is 0 Å². The van der Waals surface area contributed by atoms with Gasteiger partial charge in [0.1, 0.15) is 5.00 Å². The van der Waals surface area contributed by atoms with E-state index in [1.165, 1.54) is 33.1 Å². The Morgan fingerprint density at radius 1 is 1.29 bits per heavy atom. The zero-order chi connectivity index (χ0) is 15.0. The molecule has 4 nitrogen and oxygen atoms in total. The van der Waals surface area contributed by atoms with E-state index in [0.29, 0.717) is 9.88 Å². The van der Waals surface area contributed by atoms with E-state index in [2.05, 4.69) is 5.32 Å². The van der Waals surface area contributed by atoms with Crippen molar-refractivity contribution in [1.29, 1.82) is 0 Å². The van der Waals surface area contributed by atoms with Crippen molar-refractivity contribution in [3.8, 4) is 0 Å². The van der Waals surface area contributed by atoms with E-state index in [-0.39, 0.29) is 11.5 Å². The molecule has 1 amide bonds. The summed E-state index contributed by atoms with van der Waals surface area (Å²) in [6.07, 6.45) is 4.01. The fraction of sp³-hybridized carbons (Fsp3) is 0.333. The number of aromatic carboxylic acids is 1. The molecule has 21 heavy (non-hydrogen) atoms. The van der Waals surface area contributed by atoms with Crippen LogP contribution in [0, 0.1) is 0 Å². The predicted octanol–water partition coefficient (Wildman–Crippen LogP) is 3.81. The van der Waals surface area contributed by atoms with Crippen molar-refractivity contribution in [2.75, 3.05) is 5.32 Å². The standard InChI is InChI=1S/C15H15NO3S2/c1-2-9-7-10(15(18)19)14(20-9)16-13(17)12-6-8-4-3-5-11(8)21-12/h6-7H,2-5H2,1H3,(H,16,17)(H,18,19). The molecule has 6 heteroatoms. The maximum atomic E-state index is 12.3. The van der Waals surface area contributed by atoms with E-state index in [1.54, 1.807) is 6.07 Å². The van der Waals surface area contributed by atoms with E-state index in [0.717, 1.165) is 30.6 Å². The Hall–Kier alpha value is -1.66. The van der Waals surface area contributed by atoms with Gasteiger partial charge in [-0.15, -0.1) is 22.7 Å². The Morgan fingerprint density at radius 3 is 2.76 bits per heavy atom. The molecule has 1 aliphatic rings. The van der Waals surface area contributed by atoms with E-state index in [9.17, 15) is 14.7 Å². The Morgan fingerprint density at radius 2 is 2.10 bits per heavy atom. The SMILES string of the molecule is CCc1cc(C(=O)O)c(NC(=O)c2cc3c(s2)CCC3)s1. The van der Waals surface area contributed by atoms with Gasteiger partial charge in [0.2, 0.25) is 0 Å². The number of carboxylic acids is 1. The number of anilines is 1. The Bertz CT molecular complexity index is 693. The Labute approximate surface area is 130 Å². The molecular weight excluding hydrogens is 306 g/mol. The number of hydrogen-bond donors (Lipinski definition) is 2. The van der Waals surface area contributed by atoms with Crippen LogP contribution in [0.3, 0.4) is 0 Å². The van der Waals surface area contributed by atoms with Gasteiger partial charge in [0.05, 0.1) is 10.4 Å². The first kappa shape index (κ1) is 14.3. The lowest BCUT2D eigenvalue weighted by Gasteiger charge is -2.02. The number of fused-ring (bicyclic) bond motifs is 1. The van der Waals surface area contributed by atoms with Crippen molar-refractivity contribution in [3.05, 3.63) is 37.9 Å². The predicted molar refractivity (Wildman–Crippen MR) is 85.0 cm³/mol. The number of rotatable bonds is 4. The van der Waals surface area contributed by atoms with Gasteiger partial charge in [-0.2, -0.15) is 0 Å². The number of thiophene rings is 2. The summed E-state index contributed by atoms with van der Waals surface area (Å²) in [5, 5.41) is 12.4. The van der Waals surface area contributed by atoms with Crippen molar-refractivity contribution in [3.63, 3.8) is 0 Å². The van der Waals surface area contributed by atoms with Crippen LogP contribution in [0.15, 0.2) is 12.1 Å². The Kier molecular flexibility index (Phi) is 3.82. The summed E-state index contributed by atoms with van der Waals surface area (Å²) in [5.41, 5.74) is 1.44. The van der Waals surface area contributed by atoms with Gasteiger partial charge < -0.3 is 10.4 Å². The molecule has 0 aromatic carbocycles. The third-order valence-corrected chi connectivity index (χ3v) is 5.99. The molecule has 2 heterocycles. The van der Waals surface area contributed by atoms with Gasteiger partial charge in [-0.1, -0.05) is 6.92 Å². The number of nitrogens with one attached hydrogen (secondary N) is 1. The number of carbonyl (C=O) groups is 2. The second-order valence-corrected chi connectivity index (χ2v) is 7.25. The molecule has 0 atom stereocenters. The smallest absolute Gasteiger partial charge is 0.338 e. The number of carboxylic acid groups (broad SMARTS) is 1. The number of amides is 1. The largest absolute Gasteiger partial charge is 0.478 e. The summed E-state index contributed by atoms with van der Waals surface area (Å²) in [6.45, 7) is 1.97. The van der Waals surface area contributed by atoms with Gasteiger partial charge >= 0.3 is 5.97 Å². The minimum Gasteiger partial charge on any atom is -0.478 e. The topological polar surface area (TPSA) is 66.4 Å². The first-order valence-corrected chi connectivity index (χ1v) is 8.50. The van der Waals surface area contributed by atoms with Crippen LogP contribution in [-0.4, -0.2) is 17.0 Å². The zero-order valence-electron chi connectivity index (χ0n) is 11.6. The van der Waals surface area contributed by atoms with Gasteiger partial charge in [-0.25, -0.2) is 4.79 Å². The van der Waals surface area contributed by atoms with Crippen LogP contribution in [0.1, 0.15) is 48.7 Å². The molecule has 1 aliphatic carbocycles. The van der Waals surface area contributed by atoms with Crippen molar-refractivity contribution >= 4 is 39.6 Å². The second kappa shape index (κ2) is 5.61.